The summed E-state index contributed by atoms with van der Waals surface area (Å²) < 4.78 is 66.8. The molecular weight excluding hydrogens is 305 g/mol. The molecule has 8 heteroatoms. The quantitative estimate of drug-likeness (QED) is 0.678. The molecule has 1 N–H and O–H groups in total. The summed E-state index contributed by atoms with van der Waals surface area (Å²) in [6.07, 6.45) is 0.391. The first-order chi connectivity index (χ1) is 10.4. The highest BCUT2D eigenvalue weighted by molar-refractivity contribution is 5.66. The third kappa shape index (κ3) is 2.27. The first-order valence-electron chi connectivity index (χ1n) is 6.68. The summed E-state index contributed by atoms with van der Waals surface area (Å²) in [6.45, 7) is -0.678. The van der Waals surface area contributed by atoms with Crippen LogP contribution in [0.3, 0.4) is 0 Å². The molecular formula is C14H12F5N3. The van der Waals surface area contributed by atoms with Crippen LogP contribution in [0, 0.1) is 17.5 Å². The maximum atomic E-state index is 13.4. The first kappa shape index (κ1) is 15.0. The number of benzene rings is 1. The SMILES string of the molecule is C[C@H]1NCCc2c1nn(C(F)F)c2-c1cc(F)c(F)c(F)c1. The zero-order valence-corrected chi connectivity index (χ0v) is 11.5. The van der Waals surface area contributed by atoms with E-state index in [1.807, 2.05) is 0 Å². The van der Waals surface area contributed by atoms with Gasteiger partial charge in [0.05, 0.1) is 11.4 Å². The van der Waals surface area contributed by atoms with Gasteiger partial charge in [-0.3, -0.25) is 0 Å². The monoisotopic (exact) mass is 317 g/mol. The summed E-state index contributed by atoms with van der Waals surface area (Å²) >= 11 is 0. The number of alkyl halides is 2. The van der Waals surface area contributed by atoms with E-state index in [4.69, 9.17) is 0 Å². The highest BCUT2D eigenvalue weighted by Crippen LogP contribution is 2.35. The number of fused-ring (bicyclic) bond motifs is 1. The van der Waals surface area contributed by atoms with Crippen LogP contribution in [0.5, 0.6) is 0 Å². The van der Waals surface area contributed by atoms with Crippen molar-refractivity contribution in [2.45, 2.75) is 25.9 Å². The molecule has 1 aromatic carbocycles. The zero-order chi connectivity index (χ0) is 16.0. The van der Waals surface area contributed by atoms with E-state index in [1.165, 1.54) is 0 Å². The average molecular weight is 317 g/mol. The van der Waals surface area contributed by atoms with E-state index < -0.39 is 24.0 Å². The van der Waals surface area contributed by atoms with Crippen molar-refractivity contribution in [1.82, 2.24) is 15.1 Å². The van der Waals surface area contributed by atoms with Crippen molar-refractivity contribution in [1.29, 1.82) is 0 Å². The molecule has 1 aliphatic heterocycles. The Labute approximate surface area is 122 Å². The number of rotatable bonds is 2. The lowest BCUT2D eigenvalue weighted by Gasteiger charge is -2.19. The summed E-state index contributed by atoms with van der Waals surface area (Å²) in [4.78, 5) is 0. The Morgan fingerprint density at radius 2 is 1.86 bits per heavy atom. The van der Waals surface area contributed by atoms with Crippen molar-refractivity contribution in [2.24, 2.45) is 0 Å². The topological polar surface area (TPSA) is 29.9 Å². The van der Waals surface area contributed by atoms with Gasteiger partial charge in [-0.1, -0.05) is 0 Å². The van der Waals surface area contributed by atoms with Crippen molar-refractivity contribution >= 4 is 0 Å². The minimum Gasteiger partial charge on any atom is -0.308 e. The van der Waals surface area contributed by atoms with Gasteiger partial charge in [0.2, 0.25) is 0 Å². The molecule has 1 aromatic heterocycles. The van der Waals surface area contributed by atoms with Crippen LogP contribution in [0.2, 0.25) is 0 Å². The molecule has 0 spiro atoms. The molecule has 0 unspecified atom stereocenters. The average Bonchev–Trinajstić information content (AvgIpc) is 2.85. The fraction of sp³-hybridized carbons (Fsp3) is 0.357. The van der Waals surface area contributed by atoms with E-state index in [0.29, 0.717) is 41.0 Å². The number of hydrogen-bond donors (Lipinski definition) is 1. The number of nitrogens with zero attached hydrogens (tertiary/aromatic N) is 2. The molecule has 0 radical (unpaired) electrons. The Hall–Kier alpha value is -1.96. The molecule has 1 aliphatic rings. The van der Waals surface area contributed by atoms with Gasteiger partial charge in [0, 0.05) is 17.2 Å². The molecule has 118 valence electrons. The minimum absolute atomic E-state index is 0.0730. The Balaban J connectivity index is 2.26. The number of aromatic nitrogens is 2. The summed E-state index contributed by atoms with van der Waals surface area (Å²) in [5.41, 5.74) is 0.680. The van der Waals surface area contributed by atoms with Crippen molar-refractivity contribution in [3.63, 3.8) is 0 Å². The Morgan fingerprint density at radius 3 is 2.45 bits per heavy atom. The predicted octanol–water partition coefficient (Wildman–Crippen LogP) is 3.57. The first-order valence-corrected chi connectivity index (χ1v) is 6.68. The van der Waals surface area contributed by atoms with Crippen molar-refractivity contribution in [3.8, 4) is 11.3 Å². The molecule has 3 rings (SSSR count). The van der Waals surface area contributed by atoms with E-state index in [0.717, 1.165) is 0 Å². The van der Waals surface area contributed by atoms with E-state index >= 15 is 0 Å². The standard InChI is InChI=1S/C14H12F5N3/c1-6-12-8(2-3-20-6)13(22(21-12)14(18)19)7-4-9(15)11(17)10(16)5-7/h4-6,14,20H,2-3H2,1H3/t6-/m1/s1. The lowest BCUT2D eigenvalue weighted by molar-refractivity contribution is 0.0579. The molecule has 2 aromatic rings. The molecule has 0 saturated heterocycles. The van der Waals surface area contributed by atoms with Gasteiger partial charge >= 0.3 is 6.55 Å². The summed E-state index contributed by atoms with van der Waals surface area (Å²) in [7, 11) is 0. The number of halogens is 5. The molecule has 0 bridgehead atoms. The highest BCUT2D eigenvalue weighted by atomic mass is 19.3. The molecule has 1 atom stereocenters. The second kappa shape index (κ2) is 5.35. The van der Waals surface area contributed by atoms with Crippen LogP contribution < -0.4 is 5.32 Å². The van der Waals surface area contributed by atoms with Crippen LogP contribution in [0.4, 0.5) is 22.0 Å². The van der Waals surface area contributed by atoms with Crippen LogP contribution in [-0.2, 0) is 6.42 Å². The van der Waals surface area contributed by atoms with Crippen molar-refractivity contribution in [3.05, 3.63) is 40.8 Å². The largest absolute Gasteiger partial charge is 0.333 e. The third-order valence-corrected chi connectivity index (χ3v) is 3.72. The second-order valence-corrected chi connectivity index (χ2v) is 5.11. The fourth-order valence-corrected chi connectivity index (χ4v) is 2.73. The number of hydrogen-bond acceptors (Lipinski definition) is 2. The lowest BCUT2D eigenvalue weighted by atomic mass is 9.97. The smallest absolute Gasteiger partial charge is 0.308 e. The molecule has 0 saturated carbocycles. The van der Waals surface area contributed by atoms with Gasteiger partial charge in [-0.25, -0.2) is 17.9 Å². The van der Waals surface area contributed by atoms with Gasteiger partial charge in [0.1, 0.15) is 0 Å². The molecule has 3 nitrogen and oxygen atoms in total. The van der Waals surface area contributed by atoms with Gasteiger partial charge in [0.25, 0.3) is 0 Å². The van der Waals surface area contributed by atoms with Crippen LogP contribution >= 0.6 is 0 Å². The molecule has 0 aliphatic carbocycles. The molecule has 22 heavy (non-hydrogen) atoms. The number of nitrogens with one attached hydrogen (secondary N) is 1. The molecule has 2 heterocycles. The van der Waals surface area contributed by atoms with Crippen LogP contribution in [0.1, 0.15) is 30.8 Å². The van der Waals surface area contributed by atoms with Gasteiger partial charge in [-0.15, -0.1) is 0 Å². The minimum atomic E-state index is -2.97. The fourth-order valence-electron chi connectivity index (χ4n) is 2.73. The van der Waals surface area contributed by atoms with E-state index in [2.05, 4.69) is 10.4 Å². The normalized spacial score (nSPS) is 17.9. The van der Waals surface area contributed by atoms with Gasteiger partial charge in [-0.05, 0) is 32.0 Å². The predicted molar refractivity (Wildman–Crippen MR) is 68.9 cm³/mol. The highest BCUT2D eigenvalue weighted by Gasteiger charge is 2.29. The maximum absolute atomic E-state index is 13.4. The van der Waals surface area contributed by atoms with Crippen molar-refractivity contribution in [2.75, 3.05) is 6.54 Å². The van der Waals surface area contributed by atoms with E-state index in [9.17, 15) is 22.0 Å². The lowest BCUT2D eigenvalue weighted by Crippen LogP contribution is -2.27. The molecule has 0 fully saturated rings. The van der Waals surface area contributed by atoms with Gasteiger partial charge in [0.15, 0.2) is 17.5 Å². The van der Waals surface area contributed by atoms with Crippen LogP contribution in [0.25, 0.3) is 11.3 Å². The Kier molecular flexibility index (Phi) is 3.64. The van der Waals surface area contributed by atoms with E-state index in [-0.39, 0.29) is 17.3 Å². The second-order valence-electron chi connectivity index (χ2n) is 5.11. The van der Waals surface area contributed by atoms with Gasteiger partial charge in [-0.2, -0.15) is 13.9 Å². The maximum Gasteiger partial charge on any atom is 0.333 e. The van der Waals surface area contributed by atoms with E-state index in [1.54, 1.807) is 6.92 Å². The summed E-state index contributed by atoms with van der Waals surface area (Å²) in [5.74, 6) is -4.48. The summed E-state index contributed by atoms with van der Waals surface area (Å²) in [5, 5.41) is 6.93. The van der Waals surface area contributed by atoms with Crippen LogP contribution in [-0.4, -0.2) is 16.3 Å². The zero-order valence-electron chi connectivity index (χ0n) is 11.5. The third-order valence-electron chi connectivity index (χ3n) is 3.72. The molecule has 0 amide bonds. The van der Waals surface area contributed by atoms with Crippen molar-refractivity contribution < 1.29 is 22.0 Å². The van der Waals surface area contributed by atoms with Crippen LogP contribution in [0.15, 0.2) is 12.1 Å². The Bertz CT molecular complexity index is 703. The summed E-state index contributed by atoms with van der Waals surface area (Å²) in [6, 6.07) is 1.17. The Morgan fingerprint density at radius 1 is 1.23 bits per heavy atom. The van der Waals surface area contributed by atoms with Gasteiger partial charge < -0.3 is 5.32 Å².